The Morgan fingerprint density at radius 3 is 2.41 bits per heavy atom. The number of furan rings is 1. The summed E-state index contributed by atoms with van der Waals surface area (Å²) in [5.74, 6) is 1.33. The molecular formula is C26H27N3O3. The number of amides is 2. The average Bonchev–Trinajstić information content (AvgIpc) is 3.32. The minimum absolute atomic E-state index is 0.185. The van der Waals surface area contributed by atoms with Gasteiger partial charge in [0, 0.05) is 44.2 Å². The number of carbonyl (C=O) groups is 2. The van der Waals surface area contributed by atoms with E-state index in [2.05, 4.69) is 10.2 Å². The molecule has 1 aromatic heterocycles. The quantitative estimate of drug-likeness (QED) is 0.579. The smallest absolute Gasteiger partial charge is 0.248 e. The first-order chi connectivity index (χ1) is 15.6. The molecule has 0 saturated carbocycles. The lowest BCUT2D eigenvalue weighted by atomic mass is 10.2. The van der Waals surface area contributed by atoms with Gasteiger partial charge in [-0.3, -0.25) is 9.59 Å². The number of anilines is 2. The van der Waals surface area contributed by atoms with Gasteiger partial charge in [-0.25, -0.2) is 0 Å². The highest BCUT2D eigenvalue weighted by molar-refractivity contribution is 6.03. The first kappa shape index (κ1) is 21.4. The van der Waals surface area contributed by atoms with Gasteiger partial charge in [0.05, 0.1) is 11.4 Å². The van der Waals surface area contributed by atoms with Crippen molar-refractivity contribution in [3.8, 4) is 11.3 Å². The molecule has 0 spiro atoms. The SMILES string of the molecule is CCC(=O)N1CCN(c2ccccc2NC(=O)/C=C/c2ccc(-c3ccccc3)o2)CC1. The largest absolute Gasteiger partial charge is 0.457 e. The van der Waals surface area contributed by atoms with Gasteiger partial charge in [-0.2, -0.15) is 0 Å². The Kier molecular flexibility index (Phi) is 6.70. The Labute approximate surface area is 188 Å². The maximum atomic E-state index is 12.6. The van der Waals surface area contributed by atoms with E-state index in [-0.39, 0.29) is 11.8 Å². The molecule has 1 aliphatic heterocycles. The standard InChI is InChI=1S/C26H27N3O3/c1-2-26(31)29-18-16-28(17-19-29)23-11-7-6-10-22(23)27-25(30)15-13-21-12-14-24(32-21)20-8-4-3-5-9-20/h3-15H,2,16-19H2,1H3,(H,27,30)/b15-13+. The van der Waals surface area contributed by atoms with Crippen molar-refractivity contribution in [2.75, 3.05) is 36.4 Å². The summed E-state index contributed by atoms with van der Waals surface area (Å²) in [5, 5.41) is 2.97. The van der Waals surface area contributed by atoms with Crippen LogP contribution in [0.15, 0.2) is 77.2 Å². The van der Waals surface area contributed by atoms with Crippen LogP contribution in [0.4, 0.5) is 11.4 Å². The second-order valence-corrected chi connectivity index (χ2v) is 7.63. The number of benzene rings is 2. The van der Waals surface area contributed by atoms with Gasteiger partial charge in [-0.1, -0.05) is 49.4 Å². The molecule has 0 radical (unpaired) electrons. The second kappa shape index (κ2) is 10.0. The first-order valence-electron chi connectivity index (χ1n) is 10.9. The molecule has 0 aliphatic carbocycles. The van der Waals surface area contributed by atoms with Crippen molar-refractivity contribution in [2.45, 2.75) is 13.3 Å². The Balaban J connectivity index is 1.39. The zero-order valence-corrected chi connectivity index (χ0v) is 18.2. The molecule has 1 aliphatic rings. The monoisotopic (exact) mass is 429 g/mol. The van der Waals surface area contributed by atoms with Crippen molar-refractivity contribution in [3.05, 3.63) is 78.6 Å². The van der Waals surface area contributed by atoms with Crippen molar-refractivity contribution in [1.29, 1.82) is 0 Å². The summed E-state index contributed by atoms with van der Waals surface area (Å²) in [4.78, 5) is 28.6. The molecule has 0 bridgehead atoms. The fourth-order valence-corrected chi connectivity index (χ4v) is 3.81. The fraction of sp³-hybridized carbons (Fsp3) is 0.231. The van der Waals surface area contributed by atoms with Crippen molar-refractivity contribution in [2.24, 2.45) is 0 Å². The Morgan fingerprint density at radius 2 is 1.66 bits per heavy atom. The van der Waals surface area contributed by atoms with Crippen LogP contribution in [-0.2, 0) is 9.59 Å². The van der Waals surface area contributed by atoms with E-state index in [0.717, 1.165) is 35.8 Å². The number of rotatable bonds is 6. The summed E-state index contributed by atoms with van der Waals surface area (Å²) < 4.78 is 5.82. The number of para-hydroxylation sites is 2. The van der Waals surface area contributed by atoms with Gasteiger partial charge in [-0.15, -0.1) is 0 Å². The molecule has 1 fully saturated rings. The third-order valence-corrected chi connectivity index (χ3v) is 5.52. The summed E-state index contributed by atoms with van der Waals surface area (Å²) in [7, 11) is 0. The zero-order valence-electron chi connectivity index (χ0n) is 18.2. The molecule has 2 heterocycles. The van der Waals surface area contributed by atoms with Crippen LogP contribution in [-0.4, -0.2) is 42.9 Å². The summed E-state index contributed by atoms with van der Waals surface area (Å²) in [6, 6.07) is 21.3. The molecule has 6 heteroatoms. The molecule has 32 heavy (non-hydrogen) atoms. The number of carbonyl (C=O) groups excluding carboxylic acids is 2. The first-order valence-corrected chi connectivity index (χ1v) is 10.9. The van der Waals surface area contributed by atoms with Crippen LogP contribution < -0.4 is 10.2 Å². The molecule has 4 rings (SSSR count). The molecule has 6 nitrogen and oxygen atoms in total. The van der Waals surface area contributed by atoms with Crippen LogP contribution in [0.5, 0.6) is 0 Å². The van der Waals surface area contributed by atoms with E-state index < -0.39 is 0 Å². The second-order valence-electron chi connectivity index (χ2n) is 7.63. The van der Waals surface area contributed by atoms with E-state index in [9.17, 15) is 9.59 Å². The van der Waals surface area contributed by atoms with Crippen molar-refractivity contribution < 1.29 is 14.0 Å². The van der Waals surface area contributed by atoms with Crippen LogP contribution in [0.3, 0.4) is 0 Å². The third-order valence-electron chi connectivity index (χ3n) is 5.52. The normalized spacial score (nSPS) is 14.0. The van der Waals surface area contributed by atoms with Gasteiger partial charge < -0.3 is 19.5 Å². The van der Waals surface area contributed by atoms with Crippen LogP contribution in [0.1, 0.15) is 19.1 Å². The Bertz CT molecular complexity index is 1100. The predicted molar refractivity (Wildman–Crippen MR) is 127 cm³/mol. The van der Waals surface area contributed by atoms with Gasteiger partial charge in [0.25, 0.3) is 0 Å². The highest BCUT2D eigenvalue weighted by atomic mass is 16.3. The van der Waals surface area contributed by atoms with Crippen molar-refractivity contribution in [1.82, 2.24) is 4.90 Å². The van der Waals surface area contributed by atoms with Crippen LogP contribution in [0, 0.1) is 0 Å². The molecule has 2 aromatic carbocycles. The van der Waals surface area contributed by atoms with E-state index >= 15 is 0 Å². The summed E-state index contributed by atoms with van der Waals surface area (Å²) in [6.45, 7) is 4.75. The van der Waals surface area contributed by atoms with E-state index in [4.69, 9.17) is 4.42 Å². The summed E-state index contributed by atoms with van der Waals surface area (Å²) in [6.07, 6.45) is 3.67. The van der Waals surface area contributed by atoms with E-state index in [1.54, 1.807) is 6.08 Å². The molecule has 3 aromatic rings. The highest BCUT2D eigenvalue weighted by Crippen LogP contribution is 2.27. The molecule has 164 valence electrons. The molecule has 1 N–H and O–H groups in total. The van der Waals surface area contributed by atoms with Gasteiger partial charge in [0.2, 0.25) is 11.8 Å². The number of nitrogens with one attached hydrogen (secondary N) is 1. The number of nitrogens with zero attached hydrogens (tertiary/aromatic N) is 2. The van der Waals surface area contributed by atoms with Crippen LogP contribution >= 0.6 is 0 Å². The highest BCUT2D eigenvalue weighted by Gasteiger charge is 2.21. The topological polar surface area (TPSA) is 65.8 Å². The van der Waals surface area contributed by atoms with Crippen LogP contribution in [0.25, 0.3) is 17.4 Å². The maximum absolute atomic E-state index is 12.6. The Morgan fingerprint density at radius 1 is 0.938 bits per heavy atom. The molecule has 2 amide bonds. The van der Waals surface area contributed by atoms with E-state index in [1.165, 1.54) is 6.08 Å². The van der Waals surface area contributed by atoms with E-state index in [1.807, 2.05) is 78.6 Å². The summed E-state index contributed by atoms with van der Waals surface area (Å²) in [5.41, 5.74) is 2.70. The predicted octanol–water partition coefficient (Wildman–Crippen LogP) is 4.66. The molecule has 0 atom stereocenters. The number of hydrogen-bond donors (Lipinski definition) is 1. The lowest BCUT2D eigenvalue weighted by Gasteiger charge is -2.36. The van der Waals surface area contributed by atoms with Crippen molar-refractivity contribution in [3.63, 3.8) is 0 Å². The van der Waals surface area contributed by atoms with Gasteiger partial charge >= 0.3 is 0 Å². The zero-order chi connectivity index (χ0) is 22.3. The number of hydrogen-bond acceptors (Lipinski definition) is 4. The Hall–Kier alpha value is -3.80. The van der Waals surface area contributed by atoms with Gasteiger partial charge in [0.1, 0.15) is 11.5 Å². The molecular weight excluding hydrogens is 402 g/mol. The average molecular weight is 430 g/mol. The summed E-state index contributed by atoms with van der Waals surface area (Å²) >= 11 is 0. The fourth-order valence-electron chi connectivity index (χ4n) is 3.81. The minimum atomic E-state index is -0.227. The molecule has 1 saturated heterocycles. The number of piperazine rings is 1. The lowest BCUT2D eigenvalue weighted by Crippen LogP contribution is -2.48. The minimum Gasteiger partial charge on any atom is -0.457 e. The molecule has 0 unspecified atom stereocenters. The van der Waals surface area contributed by atoms with Crippen LogP contribution in [0.2, 0.25) is 0 Å². The third kappa shape index (κ3) is 5.09. The van der Waals surface area contributed by atoms with Gasteiger partial charge in [0.15, 0.2) is 0 Å². The maximum Gasteiger partial charge on any atom is 0.248 e. The van der Waals surface area contributed by atoms with Crippen molar-refractivity contribution >= 4 is 29.3 Å². The lowest BCUT2D eigenvalue weighted by molar-refractivity contribution is -0.131. The van der Waals surface area contributed by atoms with Gasteiger partial charge in [-0.05, 0) is 30.3 Å². The van der Waals surface area contributed by atoms with E-state index in [0.29, 0.717) is 25.3 Å².